The van der Waals surface area contributed by atoms with Crippen LogP contribution in [-0.4, -0.2) is 127 Å². The van der Waals surface area contributed by atoms with Crippen LogP contribution in [0.5, 0.6) is 5.75 Å². The number of nitrogens with one attached hydrogen (secondary N) is 4. The largest absolute Gasteiger partial charge is 0.480 e. The number of piperidine rings is 2. The van der Waals surface area contributed by atoms with Crippen LogP contribution in [0.25, 0.3) is 6.08 Å². The van der Waals surface area contributed by atoms with Crippen molar-refractivity contribution in [2.45, 2.75) is 76.2 Å². The van der Waals surface area contributed by atoms with Crippen molar-refractivity contribution in [1.29, 1.82) is 10.7 Å². The van der Waals surface area contributed by atoms with Crippen molar-refractivity contribution < 1.29 is 23.8 Å². The summed E-state index contributed by atoms with van der Waals surface area (Å²) in [6.07, 6.45) is 9.99. The normalized spacial score (nSPS) is 18.3. The number of H-pyrrole nitrogens is 1. The van der Waals surface area contributed by atoms with E-state index in [2.05, 4.69) is 42.0 Å². The Balaban J connectivity index is 0.969. The zero-order valence-corrected chi connectivity index (χ0v) is 36.0. The predicted molar refractivity (Wildman–Crippen MR) is 242 cm³/mol. The van der Waals surface area contributed by atoms with Gasteiger partial charge in [-0.05, 0) is 94.8 Å². The molecule has 0 saturated carbocycles. The summed E-state index contributed by atoms with van der Waals surface area (Å²) in [7, 11) is 1.56. The molecule has 7 N–H and O–H groups in total. The SMILES string of the molecule is C=CCCC(Oc1ccc(N2CCC(N3CCN(N4CCC(N=Cc5cc(NC(=O)c6ccc(/C=C(/C#N)C=N)[nH]6)c(C(C)(C)O)cc5N)CC4)CC3)CC2)c(F)c1)C(=O)NC. The second-order valence-electron chi connectivity index (χ2n) is 16.6. The molecule has 1 unspecified atom stereocenters. The Morgan fingerprint density at radius 1 is 1.08 bits per heavy atom. The van der Waals surface area contributed by atoms with E-state index in [1.54, 1.807) is 69.6 Å². The van der Waals surface area contributed by atoms with E-state index in [0.717, 1.165) is 84.3 Å². The number of aromatic amines is 1. The number of rotatable bonds is 16. The van der Waals surface area contributed by atoms with Gasteiger partial charge >= 0.3 is 0 Å². The van der Waals surface area contributed by atoms with Crippen molar-refractivity contribution in [2.24, 2.45) is 4.99 Å². The number of allylic oxidation sites excluding steroid dienone is 2. The maximum atomic E-state index is 15.3. The van der Waals surface area contributed by atoms with E-state index in [4.69, 9.17) is 26.1 Å². The molecule has 330 valence electrons. The van der Waals surface area contributed by atoms with Gasteiger partial charge in [-0.3, -0.25) is 19.5 Å². The summed E-state index contributed by atoms with van der Waals surface area (Å²) in [5, 5.41) is 37.9. The second kappa shape index (κ2) is 20.8. The lowest BCUT2D eigenvalue weighted by atomic mass is 9.94. The topological polar surface area (TPSA) is 202 Å². The Bertz CT molecular complexity index is 2170. The summed E-state index contributed by atoms with van der Waals surface area (Å²) < 4.78 is 21.2. The minimum Gasteiger partial charge on any atom is -0.480 e. The highest BCUT2D eigenvalue weighted by molar-refractivity contribution is 6.05. The monoisotopic (exact) mass is 849 g/mol. The number of nitrogens with zero attached hydrogens (tertiary/aromatic N) is 6. The van der Waals surface area contributed by atoms with Gasteiger partial charge in [0.2, 0.25) is 0 Å². The summed E-state index contributed by atoms with van der Waals surface area (Å²) in [5.41, 5.74) is 8.56. The molecule has 3 saturated heterocycles. The first kappa shape index (κ1) is 45.7. The van der Waals surface area contributed by atoms with Gasteiger partial charge in [-0.15, -0.1) is 6.58 Å². The van der Waals surface area contributed by atoms with Crippen molar-refractivity contribution in [3.8, 4) is 11.8 Å². The number of carbonyl (C=O) groups excluding carboxylic acids is 2. The Hall–Kier alpha value is -5.86. The standard InChI is InChI=1S/C46H60FN11O4/c1-5-6-7-43(45(60)51-4)62-36-9-11-42(38(47)26-36)56-16-14-35(15-17-56)55-20-22-58(23-21-55)57-18-12-33(13-19-57)52-30-32-25-41(37(27-39(32)50)46(2,3)61)54-44(59)40-10-8-34(53-40)24-31(28-48)29-49/h5,8-11,24-28,30,33,35,43,48,53,61H,1,6-7,12-23,50H2,2-4H3,(H,51,60)(H,54,59)/b31-24+,48-28?,52-30?. The van der Waals surface area contributed by atoms with E-state index >= 15 is 4.39 Å². The molecule has 2 amide bonds. The average Bonchev–Trinajstić information content (AvgIpc) is 3.75. The fraction of sp³-hybridized carbons (Fsp3) is 0.457. The summed E-state index contributed by atoms with van der Waals surface area (Å²) in [6, 6.07) is 14.0. The molecule has 3 aromatic rings. The Morgan fingerprint density at radius 3 is 2.42 bits per heavy atom. The van der Waals surface area contributed by atoms with Crippen LogP contribution < -0.4 is 26.0 Å². The smallest absolute Gasteiger partial charge is 0.272 e. The quantitative estimate of drug-likeness (QED) is 0.0475. The van der Waals surface area contributed by atoms with Gasteiger partial charge in [0, 0.05) is 112 Å². The van der Waals surface area contributed by atoms with Gasteiger partial charge in [0.25, 0.3) is 11.8 Å². The summed E-state index contributed by atoms with van der Waals surface area (Å²) >= 11 is 0. The second-order valence-corrected chi connectivity index (χ2v) is 16.6. The maximum absolute atomic E-state index is 15.3. The third-order valence-corrected chi connectivity index (χ3v) is 11.9. The van der Waals surface area contributed by atoms with Gasteiger partial charge in [-0.1, -0.05) is 6.08 Å². The predicted octanol–water partition coefficient (Wildman–Crippen LogP) is 5.32. The van der Waals surface area contributed by atoms with Crippen molar-refractivity contribution in [2.75, 3.05) is 75.4 Å². The minimum atomic E-state index is -1.30. The van der Waals surface area contributed by atoms with Crippen molar-refractivity contribution in [3.05, 3.63) is 89.0 Å². The molecule has 0 bridgehead atoms. The van der Waals surface area contributed by atoms with E-state index in [0.29, 0.717) is 58.5 Å². The number of hydrogen-bond acceptors (Lipinski definition) is 12. The van der Waals surface area contributed by atoms with E-state index in [-0.39, 0.29) is 29.0 Å². The molecule has 0 aliphatic carbocycles. The van der Waals surface area contributed by atoms with Crippen LogP contribution in [-0.2, 0) is 10.4 Å². The molecule has 15 nitrogen and oxygen atoms in total. The van der Waals surface area contributed by atoms with Crippen LogP contribution >= 0.6 is 0 Å². The number of hydrogen-bond donors (Lipinski definition) is 6. The summed E-state index contributed by atoms with van der Waals surface area (Å²) in [5.74, 6) is -0.697. The number of nitrogens with two attached hydrogens (primary N) is 1. The number of piperazine rings is 1. The number of hydrazine groups is 1. The number of ether oxygens (including phenoxy) is 1. The number of likely N-dealkylation sites (N-methyl/N-ethyl adjacent to an activating group) is 1. The molecule has 0 spiro atoms. The highest BCUT2D eigenvalue weighted by Crippen LogP contribution is 2.33. The van der Waals surface area contributed by atoms with E-state index < -0.39 is 17.6 Å². The molecule has 0 radical (unpaired) electrons. The van der Waals surface area contributed by atoms with Gasteiger partial charge in [0.15, 0.2) is 6.10 Å². The van der Waals surface area contributed by atoms with Crippen molar-refractivity contribution in [1.82, 2.24) is 25.2 Å². The minimum absolute atomic E-state index is 0.115. The zero-order chi connectivity index (χ0) is 44.4. The number of amides is 2. The fourth-order valence-electron chi connectivity index (χ4n) is 8.40. The Labute approximate surface area is 363 Å². The molecule has 3 fully saturated rings. The molecule has 6 rings (SSSR count). The van der Waals surface area contributed by atoms with Gasteiger partial charge in [-0.2, -0.15) is 5.26 Å². The van der Waals surface area contributed by atoms with Gasteiger partial charge < -0.3 is 41.5 Å². The lowest BCUT2D eigenvalue weighted by molar-refractivity contribution is -0.127. The molecule has 2 aromatic carbocycles. The van der Waals surface area contributed by atoms with Gasteiger partial charge in [-0.25, -0.2) is 14.4 Å². The average molecular weight is 850 g/mol. The van der Waals surface area contributed by atoms with E-state index in [1.807, 2.05) is 6.07 Å². The number of aliphatic imine (C=N–C) groups is 1. The molecule has 4 heterocycles. The van der Waals surface area contributed by atoms with Crippen LogP contribution in [0.1, 0.15) is 79.7 Å². The van der Waals surface area contributed by atoms with Gasteiger partial charge in [0.1, 0.15) is 23.3 Å². The maximum Gasteiger partial charge on any atom is 0.272 e. The number of aliphatic hydroxyl groups is 1. The molecule has 1 aromatic heterocycles. The van der Waals surface area contributed by atoms with Crippen LogP contribution in [0, 0.1) is 22.6 Å². The fourth-order valence-corrected chi connectivity index (χ4v) is 8.40. The van der Waals surface area contributed by atoms with Crippen LogP contribution in [0.2, 0.25) is 0 Å². The first-order valence-corrected chi connectivity index (χ1v) is 21.4. The van der Waals surface area contributed by atoms with Crippen molar-refractivity contribution in [3.63, 3.8) is 0 Å². The lowest BCUT2D eigenvalue weighted by Gasteiger charge is -2.47. The molecule has 16 heteroatoms. The van der Waals surface area contributed by atoms with Gasteiger partial charge in [0.05, 0.1) is 22.9 Å². The summed E-state index contributed by atoms with van der Waals surface area (Å²) in [4.78, 5) is 38.1. The number of aromatic nitrogens is 1. The third-order valence-electron chi connectivity index (χ3n) is 11.9. The molecule has 3 aliphatic rings. The number of benzene rings is 2. The number of carbonyl (C=O) groups is 2. The highest BCUT2D eigenvalue weighted by atomic mass is 19.1. The first-order valence-electron chi connectivity index (χ1n) is 21.4. The number of halogens is 1. The number of anilines is 3. The van der Waals surface area contributed by atoms with Crippen molar-refractivity contribution >= 4 is 47.4 Å². The molecule has 62 heavy (non-hydrogen) atoms. The van der Waals surface area contributed by atoms with Crippen LogP contribution in [0.4, 0.5) is 21.5 Å². The third kappa shape index (κ3) is 11.5. The van der Waals surface area contributed by atoms with E-state index in [1.165, 1.54) is 12.1 Å². The lowest BCUT2D eigenvalue weighted by Crippen LogP contribution is -2.58. The number of nitriles is 1. The van der Waals surface area contributed by atoms with Crippen LogP contribution in [0.3, 0.4) is 0 Å². The number of nitrogen functional groups attached to an aromatic ring is 1. The Morgan fingerprint density at radius 2 is 1.79 bits per heavy atom. The first-order chi connectivity index (χ1) is 29.8. The molecule has 3 aliphatic heterocycles. The van der Waals surface area contributed by atoms with Crippen LogP contribution in [0.15, 0.2) is 65.7 Å². The van der Waals surface area contributed by atoms with E-state index in [9.17, 15) is 14.7 Å². The molecular weight excluding hydrogens is 790 g/mol. The zero-order valence-electron chi connectivity index (χ0n) is 36.0. The Kier molecular flexibility index (Phi) is 15.3. The molecular formula is C46H60FN11O4. The summed E-state index contributed by atoms with van der Waals surface area (Å²) in [6.45, 7) is 14.2. The highest BCUT2D eigenvalue weighted by Gasteiger charge is 2.32. The molecule has 1 atom stereocenters.